The summed E-state index contributed by atoms with van der Waals surface area (Å²) in [4.78, 5) is 15.9. The fourth-order valence-electron chi connectivity index (χ4n) is 2.81. The molecule has 21 heavy (non-hydrogen) atoms. The Bertz CT molecular complexity index is 628. The second kappa shape index (κ2) is 6.72. The zero-order valence-corrected chi connectivity index (χ0v) is 12.8. The first kappa shape index (κ1) is 15.5. The van der Waals surface area contributed by atoms with Crippen molar-refractivity contribution in [1.29, 1.82) is 0 Å². The molecule has 5 nitrogen and oxygen atoms in total. The molecule has 5 heteroatoms. The number of rotatable bonds is 7. The molecule has 2 aromatic rings. The molecular formula is C16H22N2O3. The predicted octanol–water partition coefficient (Wildman–Crippen LogP) is 3.28. The van der Waals surface area contributed by atoms with Gasteiger partial charge in [-0.25, -0.2) is 9.78 Å². The number of hydrogen-bond acceptors (Lipinski definition) is 3. The van der Waals surface area contributed by atoms with Crippen LogP contribution in [0.5, 0.6) is 0 Å². The van der Waals surface area contributed by atoms with Gasteiger partial charge in [0, 0.05) is 13.5 Å². The Hall–Kier alpha value is -1.88. The van der Waals surface area contributed by atoms with Gasteiger partial charge in [-0.15, -0.1) is 0 Å². The zero-order valence-electron chi connectivity index (χ0n) is 12.8. The first-order chi connectivity index (χ1) is 10.1. The zero-order chi connectivity index (χ0) is 15.4. The van der Waals surface area contributed by atoms with Crippen LogP contribution in [0.25, 0.3) is 11.0 Å². The van der Waals surface area contributed by atoms with Crippen LogP contribution < -0.4 is 0 Å². The van der Waals surface area contributed by atoms with Crippen LogP contribution in [0.1, 0.15) is 48.9 Å². The van der Waals surface area contributed by atoms with E-state index in [0.717, 1.165) is 30.6 Å². The highest BCUT2D eigenvalue weighted by Crippen LogP contribution is 2.27. The van der Waals surface area contributed by atoms with E-state index >= 15 is 0 Å². The summed E-state index contributed by atoms with van der Waals surface area (Å²) in [5.74, 6) is -0.0270. The molecule has 0 spiro atoms. The third-order valence-corrected chi connectivity index (χ3v) is 3.69. The van der Waals surface area contributed by atoms with E-state index in [1.165, 1.54) is 0 Å². The minimum atomic E-state index is -0.938. The molecule has 1 N–H and O–H groups in total. The molecule has 1 unspecified atom stereocenters. The van der Waals surface area contributed by atoms with E-state index < -0.39 is 5.97 Å². The number of ether oxygens (including phenoxy) is 1. The second-order valence-electron chi connectivity index (χ2n) is 5.13. The maximum atomic E-state index is 11.4. The van der Waals surface area contributed by atoms with Gasteiger partial charge in [0.25, 0.3) is 0 Å². The van der Waals surface area contributed by atoms with Crippen LogP contribution in [0.15, 0.2) is 18.2 Å². The summed E-state index contributed by atoms with van der Waals surface area (Å²) < 4.78 is 7.49. The third kappa shape index (κ3) is 2.93. The lowest BCUT2D eigenvalue weighted by Crippen LogP contribution is -2.17. The SMILES string of the molecule is CCCC(COC)n1c(CC)nc2c(C(=O)O)cccc21. The van der Waals surface area contributed by atoms with Gasteiger partial charge >= 0.3 is 5.97 Å². The molecule has 1 aromatic heterocycles. The number of aromatic nitrogens is 2. The van der Waals surface area contributed by atoms with E-state index in [0.29, 0.717) is 12.1 Å². The molecule has 0 amide bonds. The summed E-state index contributed by atoms with van der Waals surface area (Å²) in [7, 11) is 1.69. The lowest BCUT2D eigenvalue weighted by molar-refractivity contribution is 0.0699. The number of benzene rings is 1. The van der Waals surface area contributed by atoms with Crippen LogP contribution in [-0.2, 0) is 11.2 Å². The van der Waals surface area contributed by atoms with Gasteiger partial charge in [0.2, 0.25) is 0 Å². The monoisotopic (exact) mass is 290 g/mol. The maximum absolute atomic E-state index is 11.4. The van der Waals surface area contributed by atoms with Crippen molar-refractivity contribution < 1.29 is 14.6 Å². The Kier molecular flexibility index (Phi) is 4.96. The van der Waals surface area contributed by atoms with Crippen molar-refractivity contribution in [1.82, 2.24) is 9.55 Å². The van der Waals surface area contributed by atoms with Crippen LogP contribution in [0, 0.1) is 0 Å². The Labute approximate surface area is 124 Å². The van der Waals surface area contributed by atoms with E-state index in [1.807, 2.05) is 13.0 Å². The van der Waals surface area contributed by atoms with Crippen molar-refractivity contribution in [3.63, 3.8) is 0 Å². The van der Waals surface area contributed by atoms with Crippen LogP contribution >= 0.6 is 0 Å². The number of carbonyl (C=O) groups is 1. The van der Waals surface area contributed by atoms with E-state index in [4.69, 9.17) is 4.74 Å². The highest BCUT2D eigenvalue weighted by Gasteiger charge is 2.21. The second-order valence-corrected chi connectivity index (χ2v) is 5.13. The highest BCUT2D eigenvalue weighted by molar-refractivity contribution is 6.01. The van der Waals surface area contributed by atoms with Crippen molar-refractivity contribution in [3.05, 3.63) is 29.6 Å². The largest absolute Gasteiger partial charge is 0.478 e. The average Bonchev–Trinajstić information content (AvgIpc) is 2.85. The molecule has 0 aliphatic rings. The van der Waals surface area contributed by atoms with Crippen LogP contribution in [0.3, 0.4) is 0 Å². The molecule has 0 saturated carbocycles. The smallest absolute Gasteiger partial charge is 0.337 e. The summed E-state index contributed by atoms with van der Waals surface area (Å²) in [6.45, 7) is 4.77. The Morgan fingerprint density at radius 1 is 1.43 bits per heavy atom. The molecular weight excluding hydrogens is 268 g/mol. The summed E-state index contributed by atoms with van der Waals surface area (Å²) >= 11 is 0. The average molecular weight is 290 g/mol. The molecule has 1 heterocycles. The van der Waals surface area contributed by atoms with E-state index in [9.17, 15) is 9.90 Å². The minimum absolute atomic E-state index is 0.184. The van der Waals surface area contributed by atoms with Gasteiger partial charge in [0.1, 0.15) is 11.3 Å². The van der Waals surface area contributed by atoms with Crippen LogP contribution in [-0.4, -0.2) is 34.3 Å². The van der Waals surface area contributed by atoms with E-state index in [-0.39, 0.29) is 11.6 Å². The molecule has 0 bridgehead atoms. The lowest BCUT2D eigenvalue weighted by Gasteiger charge is -2.20. The highest BCUT2D eigenvalue weighted by atomic mass is 16.5. The maximum Gasteiger partial charge on any atom is 0.337 e. The van der Waals surface area contributed by atoms with Gasteiger partial charge in [-0.2, -0.15) is 0 Å². The third-order valence-electron chi connectivity index (χ3n) is 3.69. The lowest BCUT2D eigenvalue weighted by atomic mass is 10.1. The minimum Gasteiger partial charge on any atom is -0.478 e. The van der Waals surface area contributed by atoms with Gasteiger partial charge in [0.15, 0.2) is 0 Å². The first-order valence-corrected chi connectivity index (χ1v) is 7.36. The van der Waals surface area contributed by atoms with E-state index in [1.54, 1.807) is 19.2 Å². The topological polar surface area (TPSA) is 64.4 Å². The molecule has 0 fully saturated rings. The molecule has 0 aliphatic heterocycles. The number of aryl methyl sites for hydroxylation is 1. The van der Waals surface area contributed by atoms with Gasteiger partial charge < -0.3 is 14.4 Å². The first-order valence-electron chi connectivity index (χ1n) is 7.36. The normalized spacial score (nSPS) is 12.7. The number of hydrogen-bond donors (Lipinski definition) is 1. The van der Waals surface area contributed by atoms with Crippen molar-refractivity contribution in [2.45, 2.75) is 39.2 Å². The van der Waals surface area contributed by atoms with Crippen molar-refractivity contribution in [2.24, 2.45) is 0 Å². The summed E-state index contributed by atoms with van der Waals surface area (Å²) in [6, 6.07) is 5.50. The molecule has 114 valence electrons. The number of carboxylic acid groups (broad SMARTS) is 1. The molecule has 0 radical (unpaired) electrons. The standard InChI is InChI=1S/C16H22N2O3/c1-4-7-11(10-21-3)18-13-9-6-8-12(16(19)20)15(13)17-14(18)5-2/h6,8-9,11H,4-5,7,10H2,1-3H3,(H,19,20). The van der Waals surface area contributed by atoms with Gasteiger partial charge in [0.05, 0.1) is 23.7 Å². The molecule has 1 aromatic carbocycles. The number of nitrogens with zero attached hydrogens (tertiary/aromatic N) is 2. The molecule has 2 rings (SSSR count). The van der Waals surface area contributed by atoms with Crippen LogP contribution in [0.2, 0.25) is 0 Å². The number of imidazole rings is 1. The quantitative estimate of drug-likeness (QED) is 0.850. The predicted molar refractivity (Wildman–Crippen MR) is 81.9 cm³/mol. The number of methoxy groups -OCH3 is 1. The fraction of sp³-hybridized carbons (Fsp3) is 0.500. The van der Waals surface area contributed by atoms with Crippen LogP contribution in [0.4, 0.5) is 0 Å². The van der Waals surface area contributed by atoms with Crippen molar-refractivity contribution in [2.75, 3.05) is 13.7 Å². The number of aromatic carboxylic acids is 1. The summed E-state index contributed by atoms with van der Waals surface area (Å²) in [5, 5.41) is 9.33. The van der Waals surface area contributed by atoms with Crippen molar-refractivity contribution in [3.8, 4) is 0 Å². The Balaban J connectivity index is 2.65. The summed E-state index contributed by atoms with van der Waals surface area (Å²) in [6.07, 6.45) is 2.77. The number of fused-ring (bicyclic) bond motifs is 1. The van der Waals surface area contributed by atoms with E-state index in [2.05, 4.69) is 16.5 Å². The van der Waals surface area contributed by atoms with Crippen molar-refractivity contribution >= 4 is 17.0 Å². The fourth-order valence-corrected chi connectivity index (χ4v) is 2.81. The Morgan fingerprint density at radius 3 is 2.76 bits per heavy atom. The van der Waals surface area contributed by atoms with Gasteiger partial charge in [-0.1, -0.05) is 26.3 Å². The Morgan fingerprint density at radius 2 is 2.19 bits per heavy atom. The number of para-hydroxylation sites is 1. The molecule has 0 saturated heterocycles. The summed E-state index contributed by atoms with van der Waals surface area (Å²) in [5.41, 5.74) is 1.70. The van der Waals surface area contributed by atoms with Gasteiger partial charge in [-0.05, 0) is 18.6 Å². The molecule has 1 atom stereocenters. The number of carboxylic acids is 1. The van der Waals surface area contributed by atoms with Gasteiger partial charge in [-0.3, -0.25) is 0 Å². The molecule has 0 aliphatic carbocycles.